The van der Waals surface area contributed by atoms with Crippen LogP contribution in [0.2, 0.25) is 0 Å². The summed E-state index contributed by atoms with van der Waals surface area (Å²) in [6.07, 6.45) is 2.44. The van der Waals surface area contributed by atoms with E-state index in [1.807, 2.05) is 0 Å². The molecule has 0 saturated carbocycles. The van der Waals surface area contributed by atoms with Gasteiger partial charge >= 0.3 is 0 Å². The van der Waals surface area contributed by atoms with Gasteiger partial charge in [-0.3, -0.25) is 0 Å². The summed E-state index contributed by atoms with van der Waals surface area (Å²) in [5.41, 5.74) is 5.84. The van der Waals surface area contributed by atoms with Crippen molar-refractivity contribution in [3.63, 3.8) is 0 Å². The molecule has 2 aromatic carbocycles. The molecule has 0 radical (unpaired) electrons. The highest BCUT2D eigenvalue weighted by Crippen LogP contribution is 2.44. The lowest BCUT2D eigenvalue weighted by atomic mass is 9.88. The Morgan fingerprint density at radius 1 is 0.824 bits per heavy atom. The standard InChI is InChI=1S/C16H15N/c1-3-7-14-11(5-1)9-13-10-12-6-2-4-8-15(12)17-16(13)14/h1-8,13,16-17H,9-10H2. The number of hydrogen-bond acceptors (Lipinski definition) is 1. The molecule has 1 heterocycles. The highest BCUT2D eigenvalue weighted by Gasteiger charge is 2.35. The summed E-state index contributed by atoms with van der Waals surface area (Å²) in [5, 5.41) is 3.72. The first-order chi connectivity index (χ1) is 8.42. The van der Waals surface area contributed by atoms with Crippen LogP contribution < -0.4 is 5.32 Å². The average Bonchev–Trinajstić information content (AvgIpc) is 2.73. The highest BCUT2D eigenvalue weighted by molar-refractivity contribution is 5.57. The fourth-order valence-corrected chi connectivity index (χ4v) is 3.35. The van der Waals surface area contributed by atoms with Crippen LogP contribution >= 0.6 is 0 Å². The highest BCUT2D eigenvalue weighted by atomic mass is 15.0. The molecular formula is C16H15N. The molecule has 4 rings (SSSR count). The fraction of sp³-hybridized carbons (Fsp3) is 0.250. The minimum absolute atomic E-state index is 0.529. The monoisotopic (exact) mass is 221 g/mol. The summed E-state index contributed by atoms with van der Waals surface area (Å²) in [6, 6.07) is 18.1. The van der Waals surface area contributed by atoms with Crippen LogP contribution in [0.15, 0.2) is 48.5 Å². The zero-order chi connectivity index (χ0) is 11.2. The Morgan fingerprint density at radius 3 is 2.47 bits per heavy atom. The van der Waals surface area contributed by atoms with Crippen molar-refractivity contribution >= 4 is 5.69 Å². The molecule has 2 atom stereocenters. The van der Waals surface area contributed by atoms with Gasteiger partial charge in [0.25, 0.3) is 0 Å². The summed E-state index contributed by atoms with van der Waals surface area (Å²) in [7, 11) is 0. The summed E-state index contributed by atoms with van der Waals surface area (Å²) < 4.78 is 0. The van der Waals surface area contributed by atoms with Gasteiger partial charge in [-0.05, 0) is 41.5 Å². The minimum atomic E-state index is 0.529. The molecule has 0 spiro atoms. The Kier molecular flexibility index (Phi) is 1.84. The van der Waals surface area contributed by atoms with E-state index >= 15 is 0 Å². The topological polar surface area (TPSA) is 12.0 Å². The zero-order valence-electron chi connectivity index (χ0n) is 9.69. The van der Waals surface area contributed by atoms with Gasteiger partial charge in [0.2, 0.25) is 0 Å². The molecule has 2 unspecified atom stereocenters. The maximum Gasteiger partial charge on any atom is 0.0551 e. The average molecular weight is 221 g/mol. The lowest BCUT2D eigenvalue weighted by Crippen LogP contribution is -2.24. The molecule has 1 heteroatoms. The molecule has 1 aliphatic carbocycles. The van der Waals surface area contributed by atoms with Crippen LogP contribution in [-0.4, -0.2) is 0 Å². The lowest BCUT2D eigenvalue weighted by Gasteiger charge is -2.30. The van der Waals surface area contributed by atoms with Crippen LogP contribution in [0, 0.1) is 5.92 Å². The quantitative estimate of drug-likeness (QED) is 0.717. The molecule has 0 amide bonds. The van der Waals surface area contributed by atoms with Crippen molar-refractivity contribution < 1.29 is 0 Å². The molecule has 2 aromatic rings. The van der Waals surface area contributed by atoms with E-state index in [1.54, 1.807) is 0 Å². The Balaban J connectivity index is 1.79. The number of anilines is 1. The summed E-state index contributed by atoms with van der Waals surface area (Å²) in [5.74, 6) is 0.738. The van der Waals surface area contributed by atoms with Crippen molar-refractivity contribution in [2.75, 3.05) is 5.32 Å². The first kappa shape index (κ1) is 9.29. The van der Waals surface area contributed by atoms with Crippen molar-refractivity contribution in [2.24, 2.45) is 5.92 Å². The number of nitrogens with one attached hydrogen (secondary N) is 1. The van der Waals surface area contributed by atoms with Gasteiger partial charge in [-0.15, -0.1) is 0 Å². The van der Waals surface area contributed by atoms with Crippen LogP contribution in [0.1, 0.15) is 22.7 Å². The van der Waals surface area contributed by atoms with Crippen LogP contribution in [0.4, 0.5) is 5.69 Å². The Hall–Kier alpha value is -1.76. The molecule has 2 aliphatic rings. The minimum Gasteiger partial charge on any atom is -0.378 e. The molecule has 1 nitrogen and oxygen atoms in total. The molecule has 0 bridgehead atoms. The van der Waals surface area contributed by atoms with Crippen molar-refractivity contribution in [1.29, 1.82) is 0 Å². The molecule has 1 aliphatic heterocycles. The van der Waals surface area contributed by atoms with E-state index in [4.69, 9.17) is 0 Å². The molecule has 1 N–H and O–H groups in total. The molecule has 0 aromatic heterocycles. The molecule has 0 fully saturated rings. The predicted octanol–water partition coefficient (Wildman–Crippen LogP) is 3.57. The fourth-order valence-electron chi connectivity index (χ4n) is 3.35. The van der Waals surface area contributed by atoms with E-state index in [2.05, 4.69) is 53.8 Å². The molecule has 84 valence electrons. The van der Waals surface area contributed by atoms with Gasteiger partial charge in [0.15, 0.2) is 0 Å². The number of para-hydroxylation sites is 1. The molecular weight excluding hydrogens is 206 g/mol. The Bertz CT molecular complexity index is 567. The van der Waals surface area contributed by atoms with Gasteiger partial charge in [-0.25, -0.2) is 0 Å². The van der Waals surface area contributed by atoms with Crippen molar-refractivity contribution in [1.82, 2.24) is 0 Å². The van der Waals surface area contributed by atoms with E-state index in [9.17, 15) is 0 Å². The van der Waals surface area contributed by atoms with Gasteiger partial charge < -0.3 is 5.32 Å². The second kappa shape index (κ2) is 3.36. The SMILES string of the molecule is c1ccc2c(c1)CC1Cc3ccccc3C1N2. The maximum atomic E-state index is 3.72. The van der Waals surface area contributed by atoms with Crippen LogP contribution in [0.25, 0.3) is 0 Å². The van der Waals surface area contributed by atoms with Crippen molar-refractivity contribution in [3.8, 4) is 0 Å². The third kappa shape index (κ3) is 1.32. The summed E-state index contributed by atoms with van der Waals surface area (Å²) in [6.45, 7) is 0. The normalized spacial score (nSPS) is 24.5. The second-order valence-corrected chi connectivity index (χ2v) is 5.15. The number of benzene rings is 2. The van der Waals surface area contributed by atoms with E-state index in [0.717, 1.165) is 5.92 Å². The van der Waals surface area contributed by atoms with Gasteiger partial charge in [-0.2, -0.15) is 0 Å². The van der Waals surface area contributed by atoms with Gasteiger partial charge in [0.05, 0.1) is 6.04 Å². The van der Waals surface area contributed by atoms with Crippen molar-refractivity contribution in [3.05, 3.63) is 65.2 Å². The van der Waals surface area contributed by atoms with Gasteiger partial charge in [0, 0.05) is 5.69 Å². The lowest BCUT2D eigenvalue weighted by molar-refractivity contribution is 0.474. The van der Waals surface area contributed by atoms with Crippen LogP contribution in [0.3, 0.4) is 0 Å². The van der Waals surface area contributed by atoms with Gasteiger partial charge in [-0.1, -0.05) is 42.5 Å². The Morgan fingerprint density at radius 2 is 1.53 bits per heavy atom. The van der Waals surface area contributed by atoms with E-state index in [-0.39, 0.29) is 0 Å². The summed E-state index contributed by atoms with van der Waals surface area (Å²) >= 11 is 0. The predicted molar refractivity (Wildman–Crippen MR) is 70.1 cm³/mol. The maximum absolute atomic E-state index is 3.72. The molecule has 17 heavy (non-hydrogen) atoms. The third-order valence-corrected chi connectivity index (χ3v) is 4.15. The molecule has 0 saturated heterocycles. The van der Waals surface area contributed by atoms with E-state index < -0.39 is 0 Å². The first-order valence-corrected chi connectivity index (χ1v) is 6.34. The van der Waals surface area contributed by atoms with Crippen LogP contribution in [-0.2, 0) is 12.8 Å². The number of fused-ring (bicyclic) bond motifs is 4. The zero-order valence-corrected chi connectivity index (χ0v) is 9.69. The van der Waals surface area contributed by atoms with E-state index in [0.29, 0.717) is 6.04 Å². The number of hydrogen-bond donors (Lipinski definition) is 1. The van der Waals surface area contributed by atoms with Crippen molar-refractivity contribution in [2.45, 2.75) is 18.9 Å². The largest absolute Gasteiger partial charge is 0.378 e. The first-order valence-electron chi connectivity index (χ1n) is 6.34. The second-order valence-electron chi connectivity index (χ2n) is 5.15. The number of rotatable bonds is 0. The van der Waals surface area contributed by atoms with E-state index in [1.165, 1.54) is 35.2 Å². The van der Waals surface area contributed by atoms with Crippen LogP contribution in [0.5, 0.6) is 0 Å². The Labute approximate surface area is 101 Å². The smallest absolute Gasteiger partial charge is 0.0551 e. The van der Waals surface area contributed by atoms with Gasteiger partial charge in [0.1, 0.15) is 0 Å². The summed E-state index contributed by atoms with van der Waals surface area (Å²) in [4.78, 5) is 0. The third-order valence-electron chi connectivity index (χ3n) is 4.15.